The third-order valence-electron chi connectivity index (χ3n) is 4.69. The zero-order valence-corrected chi connectivity index (χ0v) is 13.9. The monoisotopic (exact) mass is 330 g/mol. The van der Waals surface area contributed by atoms with Crippen LogP contribution in [0.15, 0.2) is 10.4 Å². The molecule has 2 aliphatic rings. The zero-order chi connectivity index (χ0) is 15.0. The molecule has 0 radical (unpaired) electrons. The summed E-state index contributed by atoms with van der Waals surface area (Å²) in [5.74, 6) is 0.0918. The summed E-state index contributed by atoms with van der Waals surface area (Å²) >= 11 is 1.23. The minimum absolute atomic E-state index is 0.0522. The Morgan fingerprint density at radius 2 is 2.10 bits per heavy atom. The van der Waals surface area contributed by atoms with Crippen LogP contribution in [0.3, 0.4) is 0 Å². The number of aromatic nitrogens is 1. The third kappa shape index (κ3) is 2.88. The van der Waals surface area contributed by atoms with E-state index in [4.69, 9.17) is 0 Å². The highest BCUT2D eigenvalue weighted by molar-refractivity contribution is 7.91. The maximum absolute atomic E-state index is 12.9. The van der Waals surface area contributed by atoms with Crippen molar-refractivity contribution in [1.29, 1.82) is 0 Å². The lowest BCUT2D eigenvalue weighted by Crippen LogP contribution is -2.49. The van der Waals surface area contributed by atoms with E-state index in [-0.39, 0.29) is 18.1 Å². The van der Waals surface area contributed by atoms with Crippen molar-refractivity contribution in [2.75, 3.05) is 6.54 Å². The number of rotatable bonds is 3. The van der Waals surface area contributed by atoms with Gasteiger partial charge in [0.25, 0.3) is 10.0 Å². The van der Waals surface area contributed by atoms with Crippen LogP contribution in [0.4, 0.5) is 0 Å². The van der Waals surface area contributed by atoms with Crippen molar-refractivity contribution in [3.8, 4) is 0 Å². The summed E-state index contributed by atoms with van der Waals surface area (Å²) in [6.07, 6.45) is 6.64. The molecule has 0 bridgehead atoms. The van der Waals surface area contributed by atoms with E-state index < -0.39 is 10.0 Å². The molecule has 21 heavy (non-hydrogen) atoms. The molecule has 1 saturated carbocycles. The van der Waals surface area contributed by atoms with E-state index in [1.54, 1.807) is 4.31 Å². The molecule has 3 rings (SSSR count). The molecule has 1 aromatic heterocycles. The number of nitrogens with zero attached hydrogens (tertiary/aromatic N) is 2. The second-order valence-corrected chi connectivity index (χ2v) is 9.39. The van der Waals surface area contributed by atoms with Crippen LogP contribution in [0.1, 0.15) is 43.5 Å². The zero-order valence-electron chi connectivity index (χ0n) is 12.2. The SMILES string of the molecule is Cc1ncc(S(=O)(=O)N2CCCCC2C2CCCC2O)s1. The first-order valence-corrected chi connectivity index (χ1v) is 9.88. The van der Waals surface area contributed by atoms with E-state index in [2.05, 4.69) is 4.98 Å². The Morgan fingerprint density at radius 3 is 2.71 bits per heavy atom. The number of aliphatic hydroxyl groups excluding tert-OH is 1. The minimum Gasteiger partial charge on any atom is -0.393 e. The quantitative estimate of drug-likeness (QED) is 0.922. The van der Waals surface area contributed by atoms with Crippen LogP contribution < -0.4 is 0 Å². The average Bonchev–Trinajstić information content (AvgIpc) is 3.08. The molecule has 3 atom stereocenters. The van der Waals surface area contributed by atoms with Crippen LogP contribution in [-0.2, 0) is 10.0 Å². The van der Waals surface area contributed by atoms with Gasteiger partial charge in [-0.2, -0.15) is 4.31 Å². The Balaban J connectivity index is 1.90. The predicted octanol–water partition coefficient (Wildman–Crippen LogP) is 2.16. The fraction of sp³-hybridized carbons (Fsp3) is 0.786. The minimum atomic E-state index is -3.47. The maximum atomic E-state index is 12.9. The summed E-state index contributed by atoms with van der Waals surface area (Å²) in [4.78, 5) is 4.08. The van der Waals surface area contributed by atoms with Crippen molar-refractivity contribution >= 4 is 21.4 Å². The van der Waals surface area contributed by atoms with Gasteiger partial charge in [0.1, 0.15) is 0 Å². The van der Waals surface area contributed by atoms with Gasteiger partial charge < -0.3 is 5.11 Å². The van der Waals surface area contributed by atoms with Gasteiger partial charge in [-0.25, -0.2) is 13.4 Å². The second-order valence-electron chi connectivity index (χ2n) is 6.04. The summed E-state index contributed by atoms with van der Waals surface area (Å²) in [5, 5.41) is 10.9. The molecule has 1 aliphatic carbocycles. The van der Waals surface area contributed by atoms with E-state index in [0.29, 0.717) is 10.8 Å². The molecule has 7 heteroatoms. The van der Waals surface area contributed by atoms with E-state index in [1.165, 1.54) is 17.5 Å². The molecular formula is C14H22N2O3S2. The topological polar surface area (TPSA) is 70.5 Å². The van der Waals surface area contributed by atoms with E-state index in [1.807, 2.05) is 6.92 Å². The van der Waals surface area contributed by atoms with Crippen molar-refractivity contribution in [3.05, 3.63) is 11.2 Å². The van der Waals surface area contributed by atoms with E-state index >= 15 is 0 Å². The Labute approximate surface area is 130 Å². The van der Waals surface area contributed by atoms with Gasteiger partial charge in [-0.05, 0) is 32.6 Å². The molecule has 1 saturated heterocycles. The molecule has 5 nitrogen and oxygen atoms in total. The number of hydrogen-bond acceptors (Lipinski definition) is 5. The molecule has 118 valence electrons. The summed E-state index contributed by atoms with van der Waals surface area (Å²) in [7, 11) is -3.47. The van der Waals surface area contributed by atoms with Crippen LogP contribution in [0, 0.1) is 12.8 Å². The molecule has 2 fully saturated rings. The molecule has 0 amide bonds. The maximum Gasteiger partial charge on any atom is 0.254 e. The number of hydrogen-bond donors (Lipinski definition) is 1. The lowest BCUT2D eigenvalue weighted by Gasteiger charge is -2.38. The molecule has 2 heterocycles. The fourth-order valence-corrected chi connectivity index (χ4v) is 6.63. The normalized spacial score (nSPS) is 31.6. The van der Waals surface area contributed by atoms with Crippen molar-refractivity contribution in [3.63, 3.8) is 0 Å². The Morgan fingerprint density at radius 1 is 1.29 bits per heavy atom. The van der Waals surface area contributed by atoms with Gasteiger partial charge in [0.2, 0.25) is 0 Å². The Kier molecular flexibility index (Phi) is 4.36. The first-order chi connectivity index (χ1) is 10.00. The number of sulfonamides is 1. The summed E-state index contributed by atoms with van der Waals surface area (Å²) in [5.41, 5.74) is 0. The summed E-state index contributed by atoms with van der Waals surface area (Å²) in [6.45, 7) is 2.38. The first-order valence-electron chi connectivity index (χ1n) is 7.62. The number of piperidine rings is 1. The van der Waals surface area contributed by atoms with Crippen LogP contribution in [0.5, 0.6) is 0 Å². The van der Waals surface area contributed by atoms with E-state index in [9.17, 15) is 13.5 Å². The highest BCUT2D eigenvalue weighted by Gasteiger charge is 2.42. The largest absolute Gasteiger partial charge is 0.393 e. The van der Waals surface area contributed by atoms with Crippen LogP contribution in [0.2, 0.25) is 0 Å². The van der Waals surface area contributed by atoms with Crippen molar-refractivity contribution in [2.45, 2.75) is 61.8 Å². The van der Waals surface area contributed by atoms with Gasteiger partial charge in [0, 0.05) is 18.5 Å². The average molecular weight is 330 g/mol. The lowest BCUT2D eigenvalue weighted by molar-refractivity contribution is 0.0724. The van der Waals surface area contributed by atoms with Crippen molar-refractivity contribution < 1.29 is 13.5 Å². The molecule has 1 N–H and O–H groups in total. The van der Waals surface area contributed by atoms with Crippen molar-refractivity contribution in [2.24, 2.45) is 5.92 Å². The Hall–Kier alpha value is -0.500. The predicted molar refractivity (Wildman–Crippen MR) is 81.7 cm³/mol. The lowest BCUT2D eigenvalue weighted by atomic mass is 9.89. The molecule has 1 aromatic rings. The third-order valence-corrected chi connectivity index (χ3v) is 7.96. The fourth-order valence-electron chi connectivity index (χ4n) is 3.65. The molecule has 0 aromatic carbocycles. The highest BCUT2D eigenvalue weighted by Crippen LogP contribution is 2.38. The molecule has 0 spiro atoms. The van der Waals surface area contributed by atoms with Crippen LogP contribution >= 0.6 is 11.3 Å². The van der Waals surface area contributed by atoms with Gasteiger partial charge in [-0.3, -0.25) is 0 Å². The highest BCUT2D eigenvalue weighted by atomic mass is 32.2. The van der Waals surface area contributed by atoms with Crippen LogP contribution in [0.25, 0.3) is 0 Å². The van der Waals surface area contributed by atoms with E-state index in [0.717, 1.165) is 43.5 Å². The van der Waals surface area contributed by atoms with Gasteiger partial charge in [-0.15, -0.1) is 11.3 Å². The number of aliphatic hydroxyl groups is 1. The molecule has 3 unspecified atom stereocenters. The van der Waals surface area contributed by atoms with Gasteiger partial charge in [0.15, 0.2) is 4.21 Å². The van der Waals surface area contributed by atoms with Gasteiger partial charge in [-0.1, -0.05) is 12.8 Å². The van der Waals surface area contributed by atoms with Gasteiger partial charge >= 0.3 is 0 Å². The number of aryl methyl sites for hydroxylation is 1. The molecule has 1 aliphatic heterocycles. The summed E-state index contributed by atoms with van der Waals surface area (Å²) in [6, 6.07) is -0.0522. The first kappa shape index (κ1) is 15.4. The Bertz CT molecular complexity index is 599. The summed E-state index contributed by atoms with van der Waals surface area (Å²) < 4.78 is 27.8. The smallest absolute Gasteiger partial charge is 0.254 e. The van der Waals surface area contributed by atoms with Gasteiger partial charge in [0.05, 0.1) is 17.3 Å². The standard InChI is InChI=1S/C14H22N2O3S2/c1-10-15-9-14(20-10)21(18,19)16-8-3-2-6-12(16)11-5-4-7-13(11)17/h9,11-13,17H,2-8H2,1H3. The molecular weight excluding hydrogens is 308 g/mol. The van der Waals surface area contributed by atoms with Crippen molar-refractivity contribution in [1.82, 2.24) is 9.29 Å². The van der Waals surface area contributed by atoms with Crippen LogP contribution in [-0.4, -0.2) is 41.5 Å². The number of thiazole rings is 1. The second kappa shape index (κ2) is 5.95.